The first-order chi connectivity index (χ1) is 7.20. The summed E-state index contributed by atoms with van der Waals surface area (Å²) in [7, 11) is 0. The van der Waals surface area contributed by atoms with Crippen LogP contribution < -0.4 is 0 Å². The van der Waals surface area contributed by atoms with Crippen LogP contribution in [0.3, 0.4) is 0 Å². The average Bonchev–Trinajstić information content (AvgIpc) is 2.30. The van der Waals surface area contributed by atoms with Crippen molar-refractivity contribution < 1.29 is 9.90 Å². The second-order valence-corrected chi connectivity index (χ2v) is 4.32. The number of carboxylic acid groups (broad SMARTS) is 1. The summed E-state index contributed by atoms with van der Waals surface area (Å²) in [5, 5.41) is 8.71. The molecule has 0 aliphatic heterocycles. The second kappa shape index (κ2) is 8.75. The third-order valence-electron chi connectivity index (χ3n) is 3.15. The van der Waals surface area contributed by atoms with Gasteiger partial charge in [-0.1, -0.05) is 52.9 Å². The molecule has 15 heavy (non-hydrogen) atoms. The van der Waals surface area contributed by atoms with Crippen molar-refractivity contribution in [3.05, 3.63) is 0 Å². The van der Waals surface area contributed by atoms with Crippen molar-refractivity contribution in [2.75, 3.05) is 0 Å². The first-order valence-electron chi connectivity index (χ1n) is 6.43. The van der Waals surface area contributed by atoms with E-state index in [-0.39, 0.29) is 5.92 Å². The lowest BCUT2D eigenvalue weighted by Gasteiger charge is -2.21. The molecule has 0 heterocycles. The number of rotatable bonds is 4. The summed E-state index contributed by atoms with van der Waals surface area (Å²) in [6.07, 6.45) is 8.72. The van der Waals surface area contributed by atoms with Gasteiger partial charge in [0.05, 0.1) is 5.92 Å². The van der Waals surface area contributed by atoms with E-state index in [0.29, 0.717) is 0 Å². The molecule has 2 heteroatoms. The predicted molar refractivity (Wildman–Crippen MR) is 64.0 cm³/mol. The van der Waals surface area contributed by atoms with Crippen LogP contribution in [0.5, 0.6) is 0 Å². The molecule has 1 fully saturated rings. The third kappa shape index (κ3) is 6.53. The smallest absolute Gasteiger partial charge is 0.306 e. The van der Waals surface area contributed by atoms with E-state index in [4.69, 9.17) is 5.11 Å². The highest BCUT2D eigenvalue weighted by Gasteiger charge is 2.16. The molecule has 1 aliphatic carbocycles. The minimum absolute atomic E-state index is 0.151. The summed E-state index contributed by atoms with van der Waals surface area (Å²) in [5.74, 6) is 0.0216. The minimum atomic E-state index is -0.643. The van der Waals surface area contributed by atoms with Gasteiger partial charge in [0.1, 0.15) is 0 Å². The lowest BCUT2D eigenvalue weighted by Crippen LogP contribution is -2.13. The van der Waals surface area contributed by atoms with Gasteiger partial charge in [-0.05, 0) is 18.8 Å². The molecule has 1 aliphatic rings. The van der Waals surface area contributed by atoms with Crippen LogP contribution in [-0.4, -0.2) is 11.1 Å². The molecule has 1 N–H and O–H groups in total. The summed E-state index contributed by atoms with van der Waals surface area (Å²) in [5.41, 5.74) is 0. The van der Waals surface area contributed by atoms with Crippen molar-refractivity contribution in [1.82, 2.24) is 0 Å². The van der Waals surface area contributed by atoms with Crippen LogP contribution in [0.15, 0.2) is 0 Å². The first kappa shape index (κ1) is 14.5. The highest BCUT2D eigenvalue weighted by Crippen LogP contribution is 2.28. The Hall–Kier alpha value is -0.530. The fourth-order valence-electron chi connectivity index (χ4n) is 2.08. The van der Waals surface area contributed by atoms with Crippen LogP contribution in [0.25, 0.3) is 0 Å². The molecular formula is C13H26O2. The lowest BCUT2D eigenvalue weighted by molar-refractivity contribution is -0.141. The molecule has 0 bridgehead atoms. The summed E-state index contributed by atoms with van der Waals surface area (Å²) in [4.78, 5) is 10.6. The monoisotopic (exact) mass is 214 g/mol. The van der Waals surface area contributed by atoms with Crippen molar-refractivity contribution in [1.29, 1.82) is 0 Å². The number of aliphatic carboxylic acids is 1. The van der Waals surface area contributed by atoms with Gasteiger partial charge in [0.25, 0.3) is 0 Å². The molecule has 1 rings (SSSR count). The van der Waals surface area contributed by atoms with E-state index >= 15 is 0 Å². The zero-order valence-corrected chi connectivity index (χ0v) is 10.5. The fourth-order valence-corrected chi connectivity index (χ4v) is 2.08. The molecule has 1 unspecified atom stereocenters. The van der Waals surface area contributed by atoms with Gasteiger partial charge in [-0.3, -0.25) is 4.79 Å². The molecule has 0 radical (unpaired) electrons. The van der Waals surface area contributed by atoms with E-state index in [2.05, 4.69) is 0 Å². The Morgan fingerprint density at radius 2 is 1.80 bits per heavy atom. The molecule has 2 nitrogen and oxygen atoms in total. The van der Waals surface area contributed by atoms with Crippen molar-refractivity contribution in [3.8, 4) is 0 Å². The van der Waals surface area contributed by atoms with E-state index < -0.39 is 5.97 Å². The highest BCUT2D eigenvalue weighted by atomic mass is 16.4. The van der Waals surface area contributed by atoms with E-state index in [9.17, 15) is 4.79 Å². The molecule has 0 aromatic rings. The SMILES string of the molecule is CC.CC(CCC1CCCCC1)C(=O)O. The van der Waals surface area contributed by atoms with Crippen molar-refractivity contribution in [2.24, 2.45) is 11.8 Å². The van der Waals surface area contributed by atoms with E-state index in [0.717, 1.165) is 18.8 Å². The molecule has 0 saturated heterocycles. The standard InChI is InChI=1S/C11H20O2.C2H6/c1-9(11(12)13)7-8-10-5-3-2-4-6-10;1-2/h9-10H,2-8H2,1H3,(H,12,13);1-2H3. The molecule has 0 amide bonds. The van der Waals surface area contributed by atoms with Crippen LogP contribution in [-0.2, 0) is 4.79 Å². The summed E-state index contributed by atoms with van der Waals surface area (Å²) in [6.45, 7) is 5.81. The van der Waals surface area contributed by atoms with Crippen LogP contribution in [0, 0.1) is 11.8 Å². The summed E-state index contributed by atoms with van der Waals surface area (Å²) >= 11 is 0. The molecule has 90 valence electrons. The van der Waals surface area contributed by atoms with Crippen molar-refractivity contribution in [3.63, 3.8) is 0 Å². The van der Waals surface area contributed by atoms with Gasteiger partial charge >= 0.3 is 5.97 Å². The Morgan fingerprint density at radius 1 is 1.27 bits per heavy atom. The van der Waals surface area contributed by atoms with E-state index in [1.54, 1.807) is 0 Å². The van der Waals surface area contributed by atoms with Gasteiger partial charge in [-0.25, -0.2) is 0 Å². The van der Waals surface area contributed by atoms with Gasteiger partial charge in [0.2, 0.25) is 0 Å². The van der Waals surface area contributed by atoms with Gasteiger partial charge < -0.3 is 5.11 Å². The fraction of sp³-hybridized carbons (Fsp3) is 0.923. The van der Waals surface area contributed by atoms with E-state index in [1.165, 1.54) is 32.1 Å². The van der Waals surface area contributed by atoms with Crippen LogP contribution >= 0.6 is 0 Å². The largest absolute Gasteiger partial charge is 0.481 e. The Balaban J connectivity index is 0.000000921. The summed E-state index contributed by atoms with van der Waals surface area (Å²) in [6, 6.07) is 0. The molecule has 1 atom stereocenters. The topological polar surface area (TPSA) is 37.3 Å². The minimum Gasteiger partial charge on any atom is -0.481 e. The Bertz CT molecular complexity index is 160. The maximum Gasteiger partial charge on any atom is 0.306 e. The molecular weight excluding hydrogens is 188 g/mol. The second-order valence-electron chi connectivity index (χ2n) is 4.32. The van der Waals surface area contributed by atoms with E-state index in [1.807, 2.05) is 20.8 Å². The quantitative estimate of drug-likeness (QED) is 0.765. The number of carboxylic acids is 1. The van der Waals surface area contributed by atoms with Gasteiger partial charge in [0, 0.05) is 0 Å². The normalized spacial score (nSPS) is 18.9. The zero-order chi connectivity index (χ0) is 11.7. The van der Waals surface area contributed by atoms with Gasteiger partial charge in [-0.15, -0.1) is 0 Å². The maximum absolute atomic E-state index is 10.6. The van der Waals surface area contributed by atoms with Crippen molar-refractivity contribution >= 4 is 5.97 Å². The van der Waals surface area contributed by atoms with Crippen LogP contribution in [0.2, 0.25) is 0 Å². The Morgan fingerprint density at radius 3 is 2.27 bits per heavy atom. The number of hydrogen-bond acceptors (Lipinski definition) is 1. The van der Waals surface area contributed by atoms with Crippen LogP contribution in [0.1, 0.15) is 65.7 Å². The third-order valence-corrected chi connectivity index (χ3v) is 3.15. The lowest BCUT2D eigenvalue weighted by atomic mass is 9.84. The van der Waals surface area contributed by atoms with Crippen molar-refractivity contribution in [2.45, 2.75) is 65.7 Å². The van der Waals surface area contributed by atoms with Gasteiger partial charge in [-0.2, -0.15) is 0 Å². The Kier molecular flexibility index (Phi) is 8.44. The number of hydrogen-bond donors (Lipinski definition) is 1. The average molecular weight is 214 g/mol. The Labute approximate surface area is 94.1 Å². The van der Waals surface area contributed by atoms with Crippen LogP contribution in [0.4, 0.5) is 0 Å². The predicted octanol–water partition coefficient (Wildman–Crippen LogP) is 4.09. The van der Waals surface area contributed by atoms with Gasteiger partial charge in [0.15, 0.2) is 0 Å². The first-order valence-corrected chi connectivity index (χ1v) is 6.43. The molecule has 0 aromatic heterocycles. The molecule has 1 saturated carbocycles. The zero-order valence-electron chi connectivity index (χ0n) is 10.5. The number of carbonyl (C=O) groups is 1. The summed E-state index contributed by atoms with van der Waals surface area (Å²) < 4.78 is 0. The molecule has 0 aromatic carbocycles. The molecule has 0 spiro atoms. The highest BCUT2D eigenvalue weighted by molar-refractivity contribution is 5.69. The maximum atomic E-state index is 10.6.